The molecular weight excluding hydrogens is 414 g/mol. The fourth-order valence-corrected chi connectivity index (χ4v) is 3.25. The first-order valence-electron chi connectivity index (χ1n) is 9.90. The van der Waals surface area contributed by atoms with Crippen LogP contribution in [0.15, 0.2) is 73.2 Å². The Labute approximate surface area is 183 Å². The first-order valence-corrected chi connectivity index (χ1v) is 9.90. The van der Waals surface area contributed by atoms with Crippen LogP contribution in [0.5, 0.6) is 5.75 Å². The summed E-state index contributed by atoms with van der Waals surface area (Å²) in [6, 6.07) is 13.8. The molecule has 0 aliphatic carbocycles. The van der Waals surface area contributed by atoms with E-state index in [9.17, 15) is 13.6 Å². The lowest BCUT2D eigenvalue weighted by Crippen LogP contribution is -2.14. The smallest absolute Gasteiger partial charge is 0.259 e. The van der Waals surface area contributed by atoms with E-state index >= 15 is 0 Å². The van der Waals surface area contributed by atoms with Crippen LogP contribution in [0.25, 0.3) is 11.1 Å². The standard InChI is InChI=1S/C24H20F2N4O2/c1-32-18-3-5-19(22(26)15-18)17-2-4-20(21(25)14-17)24(31)28-23-9-13-30(29-23)12-8-16-6-10-27-11-7-16/h2-7,9-11,13-15H,8,12H2,1H3,(H,28,29,31). The highest BCUT2D eigenvalue weighted by atomic mass is 19.1. The SMILES string of the molecule is COc1ccc(-c2ccc(C(=O)Nc3ccn(CCc4ccncc4)n3)c(F)c2)c(F)c1. The molecule has 1 amide bonds. The molecule has 0 bridgehead atoms. The number of pyridine rings is 1. The summed E-state index contributed by atoms with van der Waals surface area (Å²) in [7, 11) is 1.44. The lowest BCUT2D eigenvalue weighted by atomic mass is 10.0. The van der Waals surface area contributed by atoms with Crippen molar-refractivity contribution in [3.8, 4) is 16.9 Å². The molecule has 2 heterocycles. The number of amides is 1. The molecule has 0 saturated heterocycles. The topological polar surface area (TPSA) is 69.0 Å². The number of anilines is 1. The lowest BCUT2D eigenvalue weighted by Gasteiger charge is -2.08. The van der Waals surface area contributed by atoms with Crippen molar-refractivity contribution in [1.82, 2.24) is 14.8 Å². The molecule has 2 aromatic carbocycles. The van der Waals surface area contributed by atoms with Crippen molar-refractivity contribution < 1.29 is 18.3 Å². The zero-order chi connectivity index (χ0) is 22.5. The normalized spacial score (nSPS) is 10.7. The number of halogens is 2. The third kappa shape index (κ3) is 4.80. The van der Waals surface area contributed by atoms with Crippen LogP contribution in [0.4, 0.5) is 14.6 Å². The maximum absolute atomic E-state index is 14.6. The van der Waals surface area contributed by atoms with Gasteiger partial charge in [-0.1, -0.05) is 6.07 Å². The van der Waals surface area contributed by atoms with Gasteiger partial charge in [0.15, 0.2) is 5.82 Å². The van der Waals surface area contributed by atoms with E-state index in [1.54, 1.807) is 35.4 Å². The minimum Gasteiger partial charge on any atom is -0.497 e. The van der Waals surface area contributed by atoms with Gasteiger partial charge in [-0.25, -0.2) is 8.78 Å². The molecule has 6 nitrogen and oxygen atoms in total. The number of carbonyl (C=O) groups excluding carboxylic acids is 1. The maximum atomic E-state index is 14.6. The molecule has 8 heteroatoms. The summed E-state index contributed by atoms with van der Waals surface area (Å²) in [6.07, 6.45) is 5.96. The molecule has 1 N–H and O–H groups in total. The quantitative estimate of drug-likeness (QED) is 0.457. The predicted octanol–water partition coefficient (Wildman–Crippen LogP) is 4.73. The van der Waals surface area contributed by atoms with Crippen molar-refractivity contribution in [2.45, 2.75) is 13.0 Å². The number of hydrogen-bond acceptors (Lipinski definition) is 4. The molecule has 0 aliphatic rings. The third-order valence-corrected chi connectivity index (χ3v) is 4.96. The second-order valence-electron chi connectivity index (χ2n) is 7.06. The van der Waals surface area contributed by atoms with Crippen LogP contribution >= 0.6 is 0 Å². The third-order valence-electron chi connectivity index (χ3n) is 4.96. The molecule has 4 rings (SSSR count). The van der Waals surface area contributed by atoms with Crippen molar-refractivity contribution in [2.75, 3.05) is 12.4 Å². The predicted molar refractivity (Wildman–Crippen MR) is 116 cm³/mol. The molecule has 2 aromatic heterocycles. The average Bonchev–Trinajstić information content (AvgIpc) is 3.25. The van der Waals surface area contributed by atoms with Gasteiger partial charge in [-0.3, -0.25) is 14.5 Å². The van der Waals surface area contributed by atoms with E-state index in [1.807, 2.05) is 12.1 Å². The Morgan fingerprint density at radius 3 is 2.56 bits per heavy atom. The van der Waals surface area contributed by atoms with Gasteiger partial charge in [0.25, 0.3) is 5.91 Å². The number of hydrogen-bond donors (Lipinski definition) is 1. The van der Waals surface area contributed by atoms with E-state index in [1.165, 1.54) is 31.4 Å². The summed E-state index contributed by atoms with van der Waals surface area (Å²) in [5.41, 5.74) is 1.50. The van der Waals surface area contributed by atoms with Gasteiger partial charge >= 0.3 is 0 Å². The molecule has 32 heavy (non-hydrogen) atoms. The highest BCUT2D eigenvalue weighted by Gasteiger charge is 2.16. The van der Waals surface area contributed by atoms with Crippen molar-refractivity contribution in [3.63, 3.8) is 0 Å². The zero-order valence-corrected chi connectivity index (χ0v) is 17.3. The second kappa shape index (κ2) is 9.38. The van der Waals surface area contributed by atoms with Crippen molar-refractivity contribution in [3.05, 3.63) is 95.9 Å². The van der Waals surface area contributed by atoms with Crippen LogP contribution < -0.4 is 10.1 Å². The van der Waals surface area contributed by atoms with Crippen LogP contribution in [-0.2, 0) is 13.0 Å². The molecular formula is C24H20F2N4O2. The Kier molecular flexibility index (Phi) is 6.21. The van der Waals surface area contributed by atoms with E-state index in [0.717, 1.165) is 18.1 Å². The Balaban J connectivity index is 1.43. The first-order chi connectivity index (χ1) is 15.5. The van der Waals surface area contributed by atoms with Gasteiger partial charge in [-0.15, -0.1) is 0 Å². The Hall–Kier alpha value is -4.07. The van der Waals surface area contributed by atoms with Gasteiger partial charge < -0.3 is 10.1 Å². The monoisotopic (exact) mass is 434 g/mol. The summed E-state index contributed by atoms with van der Waals surface area (Å²) >= 11 is 0. The highest BCUT2D eigenvalue weighted by Crippen LogP contribution is 2.27. The van der Waals surface area contributed by atoms with Crippen LogP contribution in [-0.4, -0.2) is 27.8 Å². The molecule has 0 aliphatic heterocycles. The molecule has 0 atom stereocenters. The summed E-state index contributed by atoms with van der Waals surface area (Å²) < 4.78 is 35.6. The minimum absolute atomic E-state index is 0.158. The van der Waals surface area contributed by atoms with Crippen LogP contribution in [0.1, 0.15) is 15.9 Å². The molecule has 0 fully saturated rings. The van der Waals surface area contributed by atoms with Gasteiger partial charge in [0, 0.05) is 42.8 Å². The molecule has 0 saturated carbocycles. The number of benzene rings is 2. The summed E-state index contributed by atoms with van der Waals surface area (Å²) in [5.74, 6) is -1.26. The minimum atomic E-state index is -0.757. The fourth-order valence-electron chi connectivity index (χ4n) is 3.25. The average molecular weight is 434 g/mol. The van der Waals surface area contributed by atoms with Crippen molar-refractivity contribution >= 4 is 11.7 Å². The van der Waals surface area contributed by atoms with Crippen LogP contribution in [0.3, 0.4) is 0 Å². The summed E-state index contributed by atoms with van der Waals surface area (Å²) in [5, 5.41) is 6.89. The Morgan fingerprint density at radius 1 is 1.03 bits per heavy atom. The number of rotatable bonds is 7. The van der Waals surface area contributed by atoms with Gasteiger partial charge in [-0.05, 0) is 53.9 Å². The molecule has 162 valence electrons. The van der Waals surface area contributed by atoms with Gasteiger partial charge in [0.1, 0.15) is 17.4 Å². The summed E-state index contributed by atoms with van der Waals surface area (Å²) in [4.78, 5) is 16.5. The van der Waals surface area contributed by atoms with Crippen LogP contribution in [0, 0.1) is 11.6 Å². The second-order valence-corrected chi connectivity index (χ2v) is 7.06. The fraction of sp³-hybridized carbons (Fsp3) is 0.125. The van der Waals surface area contributed by atoms with Crippen molar-refractivity contribution in [1.29, 1.82) is 0 Å². The van der Waals surface area contributed by atoms with E-state index in [4.69, 9.17) is 4.74 Å². The van der Waals surface area contributed by atoms with E-state index in [0.29, 0.717) is 23.7 Å². The number of ether oxygens (including phenoxy) is 1. The Morgan fingerprint density at radius 2 is 1.84 bits per heavy atom. The molecule has 4 aromatic rings. The number of nitrogens with one attached hydrogen (secondary N) is 1. The lowest BCUT2D eigenvalue weighted by molar-refractivity contribution is 0.102. The highest BCUT2D eigenvalue weighted by molar-refractivity contribution is 6.04. The van der Waals surface area contributed by atoms with Gasteiger partial charge in [0.2, 0.25) is 0 Å². The van der Waals surface area contributed by atoms with Crippen molar-refractivity contribution in [2.24, 2.45) is 0 Å². The molecule has 0 radical (unpaired) electrons. The number of aromatic nitrogens is 3. The van der Waals surface area contributed by atoms with E-state index < -0.39 is 17.5 Å². The number of methoxy groups -OCH3 is 1. The summed E-state index contributed by atoms with van der Waals surface area (Å²) in [6.45, 7) is 0.621. The largest absolute Gasteiger partial charge is 0.497 e. The molecule has 0 spiro atoms. The van der Waals surface area contributed by atoms with Crippen LogP contribution in [0.2, 0.25) is 0 Å². The number of aryl methyl sites for hydroxylation is 2. The van der Waals surface area contributed by atoms with Gasteiger partial charge in [0.05, 0.1) is 12.7 Å². The Bertz CT molecular complexity index is 1240. The number of carbonyl (C=O) groups is 1. The molecule has 0 unspecified atom stereocenters. The van der Waals surface area contributed by atoms with E-state index in [2.05, 4.69) is 15.4 Å². The van der Waals surface area contributed by atoms with E-state index in [-0.39, 0.29) is 11.1 Å². The van der Waals surface area contributed by atoms with Gasteiger partial charge in [-0.2, -0.15) is 5.10 Å². The zero-order valence-electron chi connectivity index (χ0n) is 17.3. The maximum Gasteiger partial charge on any atom is 0.259 e. The first kappa shape index (κ1) is 21.2. The number of nitrogens with zero attached hydrogens (tertiary/aromatic N) is 3.